The molecule has 32 heavy (non-hydrogen) atoms. The Labute approximate surface area is 207 Å². The second kappa shape index (κ2) is 12.2. The average molecular weight is 557 g/mol. The SMILES string of the molecule is CN=C(NCCCc1nnc2ccccn12)NC1CCC(NC(=O)OC(C)(C)C)CC1.I. The molecule has 9 nitrogen and oxygen atoms in total. The topological polar surface area (TPSA) is 105 Å². The Morgan fingerprint density at radius 1 is 1.16 bits per heavy atom. The number of guanidine groups is 1. The van der Waals surface area contributed by atoms with Gasteiger partial charge in [0.25, 0.3) is 0 Å². The van der Waals surface area contributed by atoms with Gasteiger partial charge in [0, 0.05) is 38.3 Å². The average Bonchev–Trinajstić information content (AvgIpc) is 3.13. The van der Waals surface area contributed by atoms with Crippen LogP contribution in [0.5, 0.6) is 0 Å². The molecule has 0 radical (unpaired) electrons. The number of ether oxygens (including phenoxy) is 1. The Bertz CT molecular complexity index is 886. The summed E-state index contributed by atoms with van der Waals surface area (Å²) in [6, 6.07) is 6.43. The first-order valence-electron chi connectivity index (χ1n) is 11.1. The molecule has 0 atom stereocenters. The van der Waals surface area contributed by atoms with Crippen molar-refractivity contribution in [2.75, 3.05) is 13.6 Å². The van der Waals surface area contributed by atoms with E-state index >= 15 is 0 Å². The van der Waals surface area contributed by atoms with Gasteiger partial charge in [-0.1, -0.05) is 6.07 Å². The van der Waals surface area contributed by atoms with Crippen LogP contribution in [-0.2, 0) is 11.2 Å². The summed E-state index contributed by atoms with van der Waals surface area (Å²) in [6.45, 7) is 6.43. The van der Waals surface area contributed by atoms with Gasteiger partial charge in [-0.2, -0.15) is 0 Å². The van der Waals surface area contributed by atoms with Crippen LogP contribution in [0.2, 0.25) is 0 Å². The van der Waals surface area contributed by atoms with Crippen LogP contribution in [0, 0.1) is 0 Å². The number of nitrogens with zero attached hydrogens (tertiary/aromatic N) is 4. The van der Waals surface area contributed by atoms with Gasteiger partial charge in [0.1, 0.15) is 11.4 Å². The Morgan fingerprint density at radius 2 is 1.84 bits per heavy atom. The highest BCUT2D eigenvalue weighted by molar-refractivity contribution is 14.0. The fourth-order valence-corrected chi connectivity index (χ4v) is 3.76. The summed E-state index contributed by atoms with van der Waals surface area (Å²) in [7, 11) is 1.79. The molecule has 10 heteroatoms. The second-order valence-corrected chi connectivity index (χ2v) is 8.99. The first kappa shape index (κ1) is 26.1. The third-order valence-corrected chi connectivity index (χ3v) is 5.27. The van der Waals surface area contributed by atoms with Gasteiger partial charge in [0.15, 0.2) is 11.6 Å². The summed E-state index contributed by atoms with van der Waals surface area (Å²) in [5, 5.41) is 18.3. The van der Waals surface area contributed by atoms with Crippen LogP contribution in [0.15, 0.2) is 29.4 Å². The number of carbonyl (C=O) groups excluding carboxylic acids is 1. The number of fused-ring (bicyclic) bond motifs is 1. The zero-order chi connectivity index (χ0) is 22.3. The largest absolute Gasteiger partial charge is 0.444 e. The van der Waals surface area contributed by atoms with Crippen molar-refractivity contribution in [3.05, 3.63) is 30.2 Å². The van der Waals surface area contributed by atoms with E-state index in [0.29, 0.717) is 6.04 Å². The molecule has 2 heterocycles. The van der Waals surface area contributed by atoms with E-state index < -0.39 is 5.60 Å². The van der Waals surface area contributed by atoms with Crippen molar-refractivity contribution in [2.24, 2.45) is 4.99 Å². The van der Waals surface area contributed by atoms with Crippen molar-refractivity contribution in [1.29, 1.82) is 0 Å². The molecule has 1 aliphatic rings. The summed E-state index contributed by atoms with van der Waals surface area (Å²) < 4.78 is 7.37. The van der Waals surface area contributed by atoms with Crippen LogP contribution in [0.4, 0.5) is 4.79 Å². The molecule has 0 bridgehead atoms. The van der Waals surface area contributed by atoms with E-state index in [0.717, 1.165) is 62.5 Å². The third-order valence-electron chi connectivity index (χ3n) is 5.27. The van der Waals surface area contributed by atoms with Crippen molar-refractivity contribution in [3.63, 3.8) is 0 Å². The van der Waals surface area contributed by atoms with Crippen LogP contribution in [0.1, 0.15) is 58.7 Å². The Morgan fingerprint density at radius 3 is 2.50 bits per heavy atom. The maximum atomic E-state index is 11.9. The van der Waals surface area contributed by atoms with Crippen LogP contribution >= 0.6 is 24.0 Å². The number of carbonyl (C=O) groups is 1. The Balaban J connectivity index is 0.00000363. The van der Waals surface area contributed by atoms with E-state index in [4.69, 9.17) is 4.74 Å². The van der Waals surface area contributed by atoms with Crippen molar-refractivity contribution >= 4 is 41.7 Å². The van der Waals surface area contributed by atoms with Crippen molar-refractivity contribution < 1.29 is 9.53 Å². The lowest BCUT2D eigenvalue weighted by molar-refractivity contribution is 0.0490. The smallest absolute Gasteiger partial charge is 0.407 e. The van der Waals surface area contributed by atoms with Gasteiger partial charge in [-0.25, -0.2) is 4.79 Å². The molecule has 3 N–H and O–H groups in total. The monoisotopic (exact) mass is 557 g/mol. The standard InChI is InChI=1S/C22H35N7O2.HI/c1-22(2,3)31-21(30)26-17-12-10-16(11-13-17)25-20(23-4)24-14-7-9-19-28-27-18-8-5-6-15-29(18)19;/h5-6,8,15-17H,7,9-14H2,1-4H3,(H,26,30)(H2,23,24,25);1H. The number of hydrogen-bond donors (Lipinski definition) is 3. The molecule has 2 aromatic heterocycles. The van der Waals surface area contributed by atoms with Crippen LogP contribution < -0.4 is 16.0 Å². The molecule has 3 rings (SSSR count). The number of halogens is 1. The molecule has 1 aliphatic carbocycles. The fraction of sp³-hybridized carbons (Fsp3) is 0.636. The second-order valence-electron chi connectivity index (χ2n) is 8.99. The molecule has 1 fully saturated rings. The number of aliphatic imine (C=N–C) groups is 1. The van der Waals surface area contributed by atoms with E-state index in [2.05, 4.69) is 31.1 Å². The number of aromatic nitrogens is 3. The molecule has 0 unspecified atom stereocenters. The molecule has 0 spiro atoms. The highest BCUT2D eigenvalue weighted by Gasteiger charge is 2.25. The molecule has 0 saturated heterocycles. The van der Waals surface area contributed by atoms with E-state index in [1.54, 1.807) is 7.05 Å². The lowest BCUT2D eigenvalue weighted by Gasteiger charge is -2.31. The molecule has 1 amide bonds. The van der Waals surface area contributed by atoms with E-state index in [9.17, 15) is 4.79 Å². The van der Waals surface area contributed by atoms with Gasteiger partial charge in [0.2, 0.25) is 0 Å². The minimum Gasteiger partial charge on any atom is -0.444 e. The van der Waals surface area contributed by atoms with E-state index in [1.807, 2.05) is 49.6 Å². The molecule has 0 aromatic carbocycles. The highest BCUT2D eigenvalue weighted by Crippen LogP contribution is 2.19. The summed E-state index contributed by atoms with van der Waals surface area (Å²) in [5.41, 5.74) is 0.405. The normalized spacial score (nSPS) is 19.2. The number of pyridine rings is 1. The number of aryl methyl sites for hydroxylation is 1. The highest BCUT2D eigenvalue weighted by atomic mass is 127. The molecule has 0 aliphatic heterocycles. The van der Waals surface area contributed by atoms with Crippen LogP contribution in [0.25, 0.3) is 5.65 Å². The molecular weight excluding hydrogens is 521 g/mol. The van der Waals surface area contributed by atoms with Crippen LogP contribution in [0.3, 0.4) is 0 Å². The first-order valence-corrected chi connectivity index (χ1v) is 11.1. The third kappa shape index (κ3) is 8.10. The van der Waals surface area contributed by atoms with Crippen LogP contribution in [-0.4, -0.2) is 57.9 Å². The Kier molecular flexibility index (Phi) is 9.98. The van der Waals surface area contributed by atoms with E-state index in [-0.39, 0.29) is 36.1 Å². The molecule has 1 saturated carbocycles. The lowest BCUT2D eigenvalue weighted by Crippen LogP contribution is -2.48. The van der Waals surface area contributed by atoms with Gasteiger partial charge in [-0.3, -0.25) is 9.39 Å². The van der Waals surface area contributed by atoms with E-state index in [1.165, 1.54) is 0 Å². The first-order chi connectivity index (χ1) is 14.8. The zero-order valence-electron chi connectivity index (χ0n) is 19.4. The minimum atomic E-state index is -0.470. The van der Waals surface area contributed by atoms with Gasteiger partial charge < -0.3 is 20.7 Å². The van der Waals surface area contributed by atoms with Gasteiger partial charge in [-0.05, 0) is 65.0 Å². The minimum absolute atomic E-state index is 0. The predicted molar refractivity (Wildman–Crippen MR) is 137 cm³/mol. The van der Waals surface area contributed by atoms with Crippen molar-refractivity contribution in [3.8, 4) is 0 Å². The zero-order valence-corrected chi connectivity index (χ0v) is 21.8. The maximum absolute atomic E-state index is 11.9. The quantitative estimate of drug-likeness (QED) is 0.218. The molecular formula is C22H36IN7O2. The summed E-state index contributed by atoms with van der Waals surface area (Å²) in [6.07, 6.45) is 7.25. The summed E-state index contributed by atoms with van der Waals surface area (Å²) in [4.78, 5) is 16.3. The number of rotatable bonds is 6. The number of amides is 1. The van der Waals surface area contributed by atoms with Gasteiger partial charge in [-0.15, -0.1) is 34.2 Å². The maximum Gasteiger partial charge on any atom is 0.407 e. The summed E-state index contributed by atoms with van der Waals surface area (Å²) in [5.74, 6) is 1.78. The molecule has 2 aromatic rings. The van der Waals surface area contributed by atoms with Crippen molar-refractivity contribution in [2.45, 2.75) is 77.0 Å². The number of hydrogen-bond acceptors (Lipinski definition) is 5. The Hall–Kier alpha value is -2.11. The van der Waals surface area contributed by atoms with Crippen molar-refractivity contribution in [1.82, 2.24) is 30.5 Å². The fourth-order valence-electron chi connectivity index (χ4n) is 3.76. The summed E-state index contributed by atoms with van der Waals surface area (Å²) >= 11 is 0. The lowest BCUT2D eigenvalue weighted by atomic mass is 9.91. The van der Waals surface area contributed by atoms with Gasteiger partial charge in [0.05, 0.1) is 0 Å². The number of alkyl carbamates (subject to hydrolysis) is 1. The van der Waals surface area contributed by atoms with Gasteiger partial charge >= 0.3 is 6.09 Å². The molecule has 178 valence electrons. The number of nitrogens with one attached hydrogen (secondary N) is 3. The predicted octanol–water partition coefficient (Wildman–Crippen LogP) is 3.28.